The number of thiocarbonyl (C=S) groups is 1. The quantitative estimate of drug-likeness (QED) is 0.744. The lowest BCUT2D eigenvalue weighted by atomic mass is 9.73. The van der Waals surface area contributed by atoms with Crippen LogP contribution in [0.2, 0.25) is 0 Å². The molecule has 1 fully saturated rings. The van der Waals surface area contributed by atoms with Crippen LogP contribution in [0.15, 0.2) is 0 Å². The van der Waals surface area contributed by atoms with Crippen LogP contribution in [-0.4, -0.2) is 33.2 Å². The maximum Gasteiger partial charge on any atom is 0.233 e. The van der Waals surface area contributed by atoms with Gasteiger partial charge in [0.2, 0.25) is 5.91 Å². The predicted octanol–water partition coefficient (Wildman–Crippen LogP) is 1.11. The zero-order chi connectivity index (χ0) is 13.8. The molecule has 0 aromatic heterocycles. The third-order valence-corrected chi connectivity index (χ3v) is 5.42. The second-order valence-electron chi connectivity index (χ2n) is 5.03. The SMILES string of the molecule is CC(CNC(=O)C1(C(N)=S)CCCCC1)S(C)=O. The summed E-state index contributed by atoms with van der Waals surface area (Å²) in [5.74, 6) is -0.0907. The highest BCUT2D eigenvalue weighted by molar-refractivity contribution is 7.84. The van der Waals surface area contributed by atoms with Crippen molar-refractivity contribution in [3.05, 3.63) is 0 Å². The summed E-state index contributed by atoms with van der Waals surface area (Å²) < 4.78 is 11.3. The van der Waals surface area contributed by atoms with Crippen molar-refractivity contribution in [3.63, 3.8) is 0 Å². The number of carbonyl (C=O) groups is 1. The molecule has 2 atom stereocenters. The first kappa shape index (κ1) is 15.6. The molecular weight excluding hydrogens is 268 g/mol. The zero-order valence-electron chi connectivity index (χ0n) is 11.0. The minimum Gasteiger partial charge on any atom is -0.392 e. The van der Waals surface area contributed by atoms with Crippen molar-refractivity contribution in [2.75, 3.05) is 12.8 Å². The molecular formula is C12H22N2O2S2. The molecule has 0 saturated heterocycles. The molecule has 0 aliphatic heterocycles. The van der Waals surface area contributed by atoms with E-state index in [1.165, 1.54) is 0 Å². The van der Waals surface area contributed by atoms with E-state index in [4.69, 9.17) is 18.0 Å². The number of rotatable bonds is 5. The van der Waals surface area contributed by atoms with Gasteiger partial charge in [-0.2, -0.15) is 0 Å². The Kier molecular flexibility index (Phi) is 5.72. The number of nitrogens with two attached hydrogens (primary N) is 1. The second kappa shape index (κ2) is 6.61. The van der Waals surface area contributed by atoms with Crippen LogP contribution in [0.25, 0.3) is 0 Å². The third kappa shape index (κ3) is 3.51. The van der Waals surface area contributed by atoms with Gasteiger partial charge in [0, 0.05) is 28.9 Å². The molecule has 0 radical (unpaired) electrons. The summed E-state index contributed by atoms with van der Waals surface area (Å²) in [5.41, 5.74) is 5.10. The Labute approximate surface area is 117 Å². The van der Waals surface area contributed by atoms with Crippen molar-refractivity contribution in [3.8, 4) is 0 Å². The van der Waals surface area contributed by atoms with Crippen LogP contribution in [0.5, 0.6) is 0 Å². The van der Waals surface area contributed by atoms with Crippen LogP contribution in [0.3, 0.4) is 0 Å². The minimum atomic E-state index is -0.935. The fourth-order valence-corrected chi connectivity index (χ4v) is 2.88. The smallest absolute Gasteiger partial charge is 0.233 e. The van der Waals surface area contributed by atoms with Gasteiger partial charge in [-0.1, -0.05) is 31.5 Å². The Balaban J connectivity index is 2.66. The molecule has 1 rings (SSSR count). The topological polar surface area (TPSA) is 72.2 Å². The lowest BCUT2D eigenvalue weighted by Crippen LogP contribution is -2.51. The molecule has 1 aliphatic rings. The largest absolute Gasteiger partial charge is 0.392 e. The highest BCUT2D eigenvalue weighted by Crippen LogP contribution is 2.36. The maximum absolute atomic E-state index is 12.3. The molecule has 2 unspecified atom stereocenters. The summed E-state index contributed by atoms with van der Waals surface area (Å²) in [6.45, 7) is 2.26. The van der Waals surface area contributed by atoms with Crippen molar-refractivity contribution in [1.82, 2.24) is 5.32 Å². The van der Waals surface area contributed by atoms with E-state index in [0.29, 0.717) is 11.5 Å². The summed E-state index contributed by atoms with van der Waals surface area (Å²) in [6.07, 6.45) is 6.21. The Morgan fingerprint density at radius 1 is 1.44 bits per heavy atom. The van der Waals surface area contributed by atoms with Crippen LogP contribution >= 0.6 is 12.2 Å². The molecule has 0 spiro atoms. The zero-order valence-corrected chi connectivity index (χ0v) is 12.7. The average Bonchev–Trinajstić information content (AvgIpc) is 2.35. The number of carbonyl (C=O) groups excluding carboxylic acids is 1. The van der Waals surface area contributed by atoms with Gasteiger partial charge in [-0.25, -0.2) is 0 Å². The standard InChI is InChI=1S/C12H22N2O2S2/c1-9(18(2)16)8-14-11(15)12(10(13)17)6-4-3-5-7-12/h9H,3-8H2,1-2H3,(H2,13,17)(H,14,15). The van der Waals surface area contributed by atoms with E-state index in [-0.39, 0.29) is 11.2 Å². The molecule has 1 amide bonds. The molecule has 4 nitrogen and oxygen atoms in total. The molecule has 104 valence electrons. The molecule has 1 aliphatic carbocycles. The lowest BCUT2D eigenvalue weighted by molar-refractivity contribution is -0.128. The minimum absolute atomic E-state index is 0.0547. The Bertz CT molecular complexity index is 352. The van der Waals surface area contributed by atoms with Gasteiger partial charge in [0.15, 0.2) is 0 Å². The fourth-order valence-electron chi connectivity index (χ4n) is 2.26. The van der Waals surface area contributed by atoms with Crippen LogP contribution in [0.4, 0.5) is 0 Å². The molecule has 6 heteroatoms. The number of amides is 1. The second-order valence-corrected chi connectivity index (χ2v) is 7.27. The summed E-state index contributed by atoms with van der Waals surface area (Å²) >= 11 is 5.09. The molecule has 0 aromatic carbocycles. The number of nitrogens with one attached hydrogen (secondary N) is 1. The van der Waals surface area contributed by atoms with Crippen molar-refractivity contribution in [2.24, 2.45) is 11.1 Å². The molecule has 3 N–H and O–H groups in total. The van der Waals surface area contributed by atoms with Crippen LogP contribution in [0.1, 0.15) is 39.0 Å². The first-order chi connectivity index (χ1) is 8.40. The van der Waals surface area contributed by atoms with Crippen molar-refractivity contribution >= 4 is 33.9 Å². The van der Waals surface area contributed by atoms with Gasteiger partial charge < -0.3 is 11.1 Å². The number of hydrogen-bond acceptors (Lipinski definition) is 3. The van der Waals surface area contributed by atoms with E-state index in [0.717, 1.165) is 32.1 Å². The molecule has 0 heterocycles. The Morgan fingerprint density at radius 3 is 2.44 bits per heavy atom. The first-order valence-electron chi connectivity index (χ1n) is 6.30. The monoisotopic (exact) mass is 290 g/mol. The highest BCUT2D eigenvalue weighted by atomic mass is 32.2. The maximum atomic E-state index is 12.3. The van der Waals surface area contributed by atoms with Gasteiger partial charge in [0.25, 0.3) is 0 Å². The summed E-state index contributed by atoms with van der Waals surface area (Å²) in [4.78, 5) is 12.6. The Morgan fingerprint density at radius 2 is 2.00 bits per heavy atom. The van der Waals surface area contributed by atoms with E-state index in [9.17, 15) is 9.00 Å². The molecule has 0 bridgehead atoms. The normalized spacial score (nSPS) is 21.9. The van der Waals surface area contributed by atoms with Gasteiger partial charge >= 0.3 is 0 Å². The molecule has 0 aromatic rings. The first-order valence-corrected chi connectivity index (χ1v) is 8.33. The number of hydrogen-bond donors (Lipinski definition) is 2. The highest BCUT2D eigenvalue weighted by Gasteiger charge is 2.42. The fraction of sp³-hybridized carbons (Fsp3) is 0.833. The predicted molar refractivity (Wildman–Crippen MR) is 78.8 cm³/mol. The molecule has 1 saturated carbocycles. The van der Waals surface area contributed by atoms with Crippen LogP contribution < -0.4 is 11.1 Å². The summed E-state index contributed by atoms with van der Waals surface area (Å²) in [6, 6.07) is 0. The van der Waals surface area contributed by atoms with Gasteiger partial charge in [-0.05, 0) is 19.8 Å². The van der Waals surface area contributed by atoms with Crippen molar-refractivity contribution < 1.29 is 9.00 Å². The average molecular weight is 290 g/mol. The van der Waals surface area contributed by atoms with Crippen molar-refractivity contribution in [1.29, 1.82) is 0 Å². The van der Waals surface area contributed by atoms with Crippen LogP contribution in [0, 0.1) is 5.41 Å². The van der Waals surface area contributed by atoms with Crippen molar-refractivity contribution in [2.45, 2.75) is 44.3 Å². The van der Waals surface area contributed by atoms with E-state index < -0.39 is 16.2 Å². The molecule has 18 heavy (non-hydrogen) atoms. The summed E-state index contributed by atoms with van der Waals surface area (Å²) in [5, 5.41) is 2.80. The van der Waals surface area contributed by atoms with E-state index in [1.807, 2.05) is 6.92 Å². The Hall–Kier alpha value is -0.490. The van der Waals surface area contributed by atoms with Gasteiger partial charge in [-0.15, -0.1) is 0 Å². The van der Waals surface area contributed by atoms with E-state index in [1.54, 1.807) is 6.26 Å². The van der Waals surface area contributed by atoms with Gasteiger partial charge in [0.05, 0.1) is 10.4 Å². The van der Waals surface area contributed by atoms with E-state index in [2.05, 4.69) is 5.32 Å². The lowest BCUT2D eigenvalue weighted by Gasteiger charge is -2.35. The summed E-state index contributed by atoms with van der Waals surface area (Å²) in [7, 11) is -0.935. The van der Waals surface area contributed by atoms with Gasteiger partial charge in [0.1, 0.15) is 0 Å². The van der Waals surface area contributed by atoms with E-state index >= 15 is 0 Å². The van der Waals surface area contributed by atoms with Crippen LogP contribution in [-0.2, 0) is 15.6 Å². The van der Waals surface area contributed by atoms with Gasteiger partial charge in [-0.3, -0.25) is 9.00 Å². The third-order valence-electron chi connectivity index (χ3n) is 3.73.